The molecular formula is C11H16N2O2S2. The summed E-state index contributed by atoms with van der Waals surface area (Å²) < 4.78 is 26.4. The summed E-state index contributed by atoms with van der Waals surface area (Å²) >= 11 is 1.28. The monoisotopic (exact) mass is 272 g/mol. The lowest BCUT2D eigenvalue weighted by atomic mass is 10.3. The topological polar surface area (TPSA) is 40.6 Å². The molecule has 6 heteroatoms. The highest BCUT2D eigenvalue weighted by Crippen LogP contribution is 2.21. The van der Waals surface area contributed by atoms with E-state index in [4.69, 9.17) is 0 Å². The summed E-state index contributed by atoms with van der Waals surface area (Å²) in [5.74, 6) is 0. The van der Waals surface area contributed by atoms with Crippen molar-refractivity contribution in [2.75, 3.05) is 32.7 Å². The van der Waals surface area contributed by atoms with Gasteiger partial charge >= 0.3 is 0 Å². The lowest BCUT2D eigenvalue weighted by Gasteiger charge is -2.32. The molecule has 17 heavy (non-hydrogen) atoms. The van der Waals surface area contributed by atoms with E-state index in [-0.39, 0.29) is 0 Å². The van der Waals surface area contributed by atoms with Crippen molar-refractivity contribution in [3.05, 3.63) is 30.2 Å². The van der Waals surface area contributed by atoms with Crippen LogP contribution in [0.2, 0.25) is 0 Å². The van der Waals surface area contributed by atoms with Gasteiger partial charge in [0, 0.05) is 32.7 Å². The normalized spacial score (nSPS) is 19.3. The van der Waals surface area contributed by atoms with Crippen LogP contribution in [0.5, 0.6) is 0 Å². The van der Waals surface area contributed by atoms with E-state index in [1.807, 2.05) is 6.08 Å². The largest absolute Gasteiger partial charge is 0.297 e. The second-order valence-electron chi connectivity index (χ2n) is 3.93. The maximum absolute atomic E-state index is 12.2. The second kappa shape index (κ2) is 5.30. The van der Waals surface area contributed by atoms with Gasteiger partial charge in [-0.3, -0.25) is 4.90 Å². The zero-order valence-corrected chi connectivity index (χ0v) is 11.2. The molecule has 0 atom stereocenters. The van der Waals surface area contributed by atoms with Gasteiger partial charge < -0.3 is 0 Å². The number of hydrogen-bond donors (Lipinski definition) is 0. The molecule has 0 aliphatic carbocycles. The van der Waals surface area contributed by atoms with Crippen LogP contribution < -0.4 is 0 Å². The maximum Gasteiger partial charge on any atom is 0.252 e. The summed E-state index contributed by atoms with van der Waals surface area (Å²) in [5, 5.41) is 1.79. The first-order chi connectivity index (χ1) is 8.14. The molecule has 1 aromatic rings. The van der Waals surface area contributed by atoms with Gasteiger partial charge in [-0.2, -0.15) is 4.31 Å². The van der Waals surface area contributed by atoms with Crippen LogP contribution in [0.3, 0.4) is 0 Å². The standard InChI is InChI=1S/C11H16N2O2S2/c1-2-5-12-6-8-13(9-7-12)17(14,15)11-4-3-10-16-11/h2-4,10H,1,5-9H2. The Hall–Kier alpha value is -0.690. The van der Waals surface area contributed by atoms with Crippen LogP contribution >= 0.6 is 11.3 Å². The molecule has 4 nitrogen and oxygen atoms in total. The quantitative estimate of drug-likeness (QED) is 0.774. The van der Waals surface area contributed by atoms with Crippen molar-refractivity contribution >= 4 is 21.4 Å². The van der Waals surface area contributed by atoms with Crippen LogP contribution in [-0.4, -0.2) is 50.3 Å². The SMILES string of the molecule is C=CCN1CCN(S(=O)(=O)c2cccs2)CC1. The predicted octanol–water partition coefficient (Wildman–Crippen LogP) is 1.24. The zero-order chi connectivity index (χ0) is 12.3. The third kappa shape index (κ3) is 2.77. The average molecular weight is 272 g/mol. The van der Waals surface area contributed by atoms with Gasteiger partial charge in [0.05, 0.1) is 0 Å². The van der Waals surface area contributed by atoms with Crippen molar-refractivity contribution in [1.82, 2.24) is 9.21 Å². The first-order valence-corrected chi connectivity index (χ1v) is 7.83. The van der Waals surface area contributed by atoms with Gasteiger partial charge in [0.2, 0.25) is 0 Å². The van der Waals surface area contributed by atoms with Crippen LogP contribution in [0.25, 0.3) is 0 Å². The van der Waals surface area contributed by atoms with Crippen LogP contribution in [0.15, 0.2) is 34.4 Å². The molecule has 1 saturated heterocycles. The van der Waals surface area contributed by atoms with Crippen molar-refractivity contribution in [1.29, 1.82) is 0 Å². The first-order valence-electron chi connectivity index (χ1n) is 5.51. The Labute approximate surface area is 106 Å². The molecule has 0 radical (unpaired) electrons. The van der Waals surface area contributed by atoms with E-state index in [0.29, 0.717) is 17.3 Å². The fourth-order valence-electron chi connectivity index (χ4n) is 1.87. The van der Waals surface area contributed by atoms with Gasteiger partial charge in [-0.25, -0.2) is 8.42 Å². The molecule has 0 unspecified atom stereocenters. The summed E-state index contributed by atoms with van der Waals surface area (Å²) in [6.45, 7) is 7.19. The fourth-order valence-corrected chi connectivity index (χ4v) is 4.44. The minimum atomic E-state index is -3.26. The van der Waals surface area contributed by atoms with Gasteiger partial charge in [-0.1, -0.05) is 12.1 Å². The summed E-state index contributed by atoms with van der Waals surface area (Å²) in [6, 6.07) is 3.43. The number of rotatable bonds is 4. The van der Waals surface area contributed by atoms with Gasteiger partial charge in [0.1, 0.15) is 4.21 Å². The molecule has 0 aromatic carbocycles. The molecule has 1 aliphatic rings. The average Bonchev–Trinajstić information content (AvgIpc) is 2.84. The van der Waals surface area contributed by atoms with Gasteiger partial charge in [0.25, 0.3) is 10.0 Å². The van der Waals surface area contributed by atoms with Crippen molar-refractivity contribution < 1.29 is 8.42 Å². The Morgan fingerprint density at radius 2 is 2.06 bits per heavy atom. The highest BCUT2D eigenvalue weighted by Gasteiger charge is 2.28. The van der Waals surface area contributed by atoms with E-state index in [9.17, 15) is 8.42 Å². The molecule has 1 aliphatic heterocycles. The predicted molar refractivity (Wildman–Crippen MR) is 69.7 cm³/mol. The summed E-state index contributed by atoms with van der Waals surface area (Å²) in [6.07, 6.45) is 1.85. The molecular weight excluding hydrogens is 256 g/mol. The Kier molecular flexibility index (Phi) is 3.98. The van der Waals surface area contributed by atoms with E-state index in [1.54, 1.807) is 21.8 Å². The van der Waals surface area contributed by atoms with E-state index in [1.165, 1.54) is 11.3 Å². The number of hydrogen-bond acceptors (Lipinski definition) is 4. The van der Waals surface area contributed by atoms with Crippen LogP contribution in [0.1, 0.15) is 0 Å². The Balaban J connectivity index is 2.04. The van der Waals surface area contributed by atoms with Gasteiger partial charge in [0.15, 0.2) is 0 Å². The lowest BCUT2D eigenvalue weighted by Crippen LogP contribution is -2.48. The minimum Gasteiger partial charge on any atom is -0.297 e. The zero-order valence-electron chi connectivity index (χ0n) is 9.58. The molecule has 2 rings (SSSR count). The molecule has 0 spiro atoms. The molecule has 0 amide bonds. The number of nitrogens with zero attached hydrogens (tertiary/aromatic N) is 2. The molecule has 1 fully saturated rings. The van der Waals surface area contributed by atoms with Crippen molar-refractivity contribution in [2.24, 2.45) is 0 Å². The summed E-state index contributed by atoms with van der Waals surface area (Å²) in [5.41, 5.74) is 0. The minimum absolute atomic E-state index is 0.440. The number of thiophene rings is 1. The third-order valence-electron chi connectivity index (χ3n) is 2.81. The van der Waals surface area contributed by atoms with Crippen LogP contribution in [0, 0.1) is 0 Å². The highest BCUT2D eigenvalue weighted by molar-refractivity contribution is 7.91. The summed E-state index contributed by atoms with van der Waals surface area (Å²) in [7, 11) is -3.26. The fraction of sp³-hybridized carbons (Fsp3) is 0.455. The third-order valence-corrected chi connectivity index (χ3v) is 6.08. The molecule has 94 valence electrons. The Morgan fingerprint density at radius 1 is 1.35 bits per heavy atom. The van der Waals surface area contributed by atoms with Gasteiger partial charge in [-0.05, 0) is 11.4 Å². The van der Waals surface area contributed by atoms with E-state index < -0.39 is 10.0 Å². The molecule has 2 heterocycles. The molecule has 0 N–H and O–H groups in total. The number of sulfonamides is 1. The molecule has 0 bridgehead atoms. The van der Waals surface area contributed by atoms with Crippen LogP contribution in [-0.2, 0) is 10.0 Å². The first kappa shape index (κ1) is 12.8. The lowest BCUT2D eigenvalue weighted by molar-refractivity contribution is 0.204. The summed E-state index contributed by atoms with van der Waals surface area (Å²) in [4.78, 5) is 2.20. The Bertz CT molecular complexity index is 460. The van der Waals surface area contributed by atoms with E-state index >= 15 is 0 Å². The molecule has 1 aromatic heterocycles. The molecule has 0 saturated carbocycles. The maximum atomic E-state index is 12.2. The second-order valence-corrected chi connectivity index (χ2v) is 7.04. The smallest absolute Gasteiger partial charge is 0.252 e. The van der Waals surface area contributed by atoms with E-state index in [0.717, 1.165) is 19.6 Å². The Morgan fingerprint density at radius 3 is 2.59 bits per heavy atom. The van der Waals surface area contributed by atoms with E-state index in [2.05, 4.69) is 11.5 Å². The van der Waals surface area contributed by atoms with Gasteiger partial charge in [-0.15, -0.1) is 17.9 Å². The van der Waals surface area contributed by atoms with Crippen molar-refractivity contribution in [3.63, 3.8) is 0 Å². The highest BCUT2D eigenvalue weighted by atomic mass is 32.2. The van der Waals surface area contributed by atoms with Crippen LogP contribution in [0.4, 0.5) is 0 Å². The number of piperazine rings is 1. The van der Waals surface area contributed by atoms with Crippen molar-refractivity contribution in [3.8, 4) is 0 Å². The van der Waals surface area contributed by atoms with Crippen molar-refractivity contribution in [2.45, 2.75) is 4.21 Å².